The van der Waals surface area contributed by atoms with E-state index in [0.29, 0.717) is 28.5 Å². The predicted octanol–water partition coefficient (Wildman–Crippen LogP) is 6.33. The minimum atomic E-state index is -4.69. The molecule has 1 aromatic carbocycles. The second kappa shape index (κ2) is 9.78. The van der Waals surface area contributed by atoms with Gasteiger partial charge in [-0.05, 0) is 30.7 Å². The Balaban J connectivity index is 1.57. The van der Waals surface area contributed by atoms with Gasteiger partial charge in [0.15, 0.2) is 5.69 Å². The lowest BCUT2D eigenvalue weighted by Crippen LogP contribution is -2.07. The predicted molar refractivity (Wildman–Crippen MR) is 141 cm³/mol. The number of nitrogens with zero attached hydrogens (tertiary/aromatic N) is 6. The molecule has 38 heavy (non-hydrogen) atoms. The van der Waals surface area contributed by atoms with Gasteiger partial charge in [-0.1, -0.05) is 23.7 Å². The van der Waals surface area contributed by atoms with E-state index in [4.69, 9.17) is 11.6 Å². The molecule has 0 aliphatic heterocycles. The molecular formula is C25H21ClF3N9. The first-order valence-corrected chi connectivity index (χ1v) is 11.7. The molecule has 0 aliphatic rings. The van der Waals surface area contributed by atoms with Crippen molar-refractivity contribution in [1.82, 2.24) is 29.7 Å². The maximum absolute atomic E-state index is 13.3. The molecule has 0 bridgehead atoms. The molecule has 0 aliphatic carbocycles. The smallest absolute Gasteiger partial charge is 0.373 e. The molecule has 0 radical (unpaired) electrons. The van der Waals surface area contributed by atoms with Crippen molar-refractivity contribution >= 4 is 51.3 Å². The molecule has 13 heteroatoms. The lowest BCUT2D eigenvalue weighted by molar-refractivity contribution is -0.141. The first kappa shape index (κ1) is 25.2. The Morgan fingerprint density at radius 3 is 2.45 bits per heavy atom. The molecule has 0 amide bonds. The topological polar surface area (TPSA) is 105 Å². The van der Waals surface area contributed by atoms with Crippen LogP contribution >= 0.6 is 11.6 Å². The molecular weight excluding hydrogens is 519 g/mol. The summed E-state index contributed by atoms with van der Waals surface area (Å²) in [7, 11) is 3.15. The van der Waals surface area contributed by atoms with Crippen molar-refractivity contribution in [3.8, 4) is 11.3 Å². The van der Waals surface area contributed by atoms with E-state index >= 15 is 0 Å². The van der Waals surface area contributed by atoms with Crippen molar-refractivity contribution < 1.29 is 13.2 Å². The number of aryl methyl sites for hydroxylation is 2. The largest absolute Gasteiger partial charge is 0.436 e. The van der Waals surface area contributed by atoms with Gasteiger partial charge in [0.05, 0.1) is 11.4 Å². The van der Waals surface area contributed by atoms with Gasteiger partial charge in [-0.2, -0.15) is 18.3 Å². The monoisotopic (exact) mass is 539 g/mol. The Labute approximate surface area is 220 Å². The highest BCUT2D eigenvalue weighted by atomic mass is 35.5. The molecule has 0 saturated carbocycles. The maximum atomic E-state index is 13.3. The number of nitrogens with one attached hydrogen (secondary N) is 3. The minimum absolute atomic E-state index is 0.0230. The standard InChI is InChI=1S/C25H21ClF3N9/c1-13-6-7-15-14(8-10-32-22(15)36-24-19(26)21(25(27,28)29)37-38(24)3)20(13)35-23-16(5-4-9-31-23)17-11-18(30-2)34-12-33-17/h4-12H,1-3H3,(H,31,35)(H,32,36)(H,30,33,34). The third-order valence-electron chi connectivity index (χ3n) is 5.90. The number of aromatic nitrogens is 6. The summed E-state index contributed by atoms with van der Waals surface area (Å²) in [5, 5.41) is 13.8. The van der Waals surface area contributed by atoms with Gasteiger partial charge < -0.3 is 16.0 Å². The van der Waals surface area contributed by atoms with E-state index in [9.17, 15) is 13.2 Å². The SMILES string of the molecule is CNc1cc(-c2cccnc2Nc2c(C)ccc3c(Nc4c(Cl)c(C(F)(F)F)nn4C)nccc23)ncn1. The first-order valence-electron chi connectivity index (χ1n) is 11.3. The molecule has 0 spiro atoms. The lowest BCUT2D eigenvalue weighted by atomic mass is 10.0. The normalized spacial score (nSPS) is 11.6. The van der Waals surface area contributed by atoms with Gasteiger partial charge in [0.2, 0.25) is 0 Å². The fourth-order valence-electron chi connectivity index (χ4n) is 4.03. The zero-order chi connectivity index (χ0) is 27.0. The second-order valence-corrected chi connectivity index (χ2v) is 8.71. The molecule has 0 fully saturated rings. The number of halogens is 4. The van der Waals surface area contributed by atoms with Crippen LogP contribution in [0.2, 0.25) is 5.02 Å². The van der Waals surface area contributed by atoms with Crippen molar-refractivity contribution in [2.45, 2.75) is 13.1 Å². The van der Waals surface area contributed by atoms with Crippen LogP contribution in [0.4, 0.5) is 42.1 Å². The number of fused-ring (bicyclic) bond motifs is 1. The Hall–Kier alpha value is -4.45. The summed E-state index contributed by atoms with van der Waals surface area (Å²) in [4.78, 5) is 17.5. The number of hydrogen-bond acceptors (Lipinski definition) is 8. The number of benzene rings is 1. The van der Waals surface area contributed by atoms with Crippen molar-refractivity contribution in [1.29, 1.82) is 0 Å². The van der Waals surface area contributed by atoms with Gasteiger partial charge in [0.1, 0.15) is 34.6 Å². The molecule has 9 nitrogen and oxygen atoms in total. The summed E-state index contributed by atoms with van der Waals surface area (Å²) in [6.45, 7) is 1.94. The molecule has 194 valence electrons. The summed E-state index contributed by atoms with van der Waals surface area (Å²) in [6, 6.07) is 11.1. The quantitative estimate of drug-likeness (QED) is 0.230. The van der Waals surface area contributed by atoms with E-state index in [1.807, 2.05) is 43.3 Å². The molecule has 5 rings (SSSR count). The second-order valence-electron chi connectivity index (χ2n) is 8.33. The van der Waals surface area contributed by atoms with E-state index in [1.165, 1.54) is 13.4 Å². The summed E-state index contributed by atoms with van der Waals surface area (Å²) in [5.74, 6) is 1.53. The van der Waals surface area contributed by atoms with Crippen molar-refractivity contribution in [3.63, 3.8) is 0 Å². The van der Waals surface area contributed by atoms with E-state index in [-0.39, 0.29) is 5.82 Å². The molecule has 0 saturated heterocycles. The third-order valence-corrected chi connectivity index (χ3v) is 6.26. The highest BCUT2D eigenvalue weighted by Gasteiger charge is 2.38. The van der Waals surface area contributed by atoms with Crippen LogP contribution in [-0.4, -0.2) is 36.8 Å². The molecule has 0 atom stereocenters. The van der Waals surface area contributed by atoms with Crippen LogP contribution in [0.3, 0.4) is 0 Å². The molecule has 4 heterocycles. The zero-order valence-corrected chi connectivity index (χ0v) is 21.1. The van der Waals surface area contributed by atoms with Gasteiger partial charge in [-0.3, -0.25) is 4.68 Å². The molecule has 4 aromatic heterocycles. The molecule has 0 unspecified atom stereocenters. The number of anilines is 5. The van der Waals surface area contributed by atoms with Crippen molar-refractivity contribution in [2.24, 2.45) is 7.05 Å². The number of alkyl halides is 3. The summed E-state index contributed by atoms with van der Waals surface area (Å²) in [6.07, 6.45) is 0.0164. The van der Waals surface area contributed by atoms with Crippen molar-refractivity contribution in [2.75, 3.05) is 23.0 Å². The highest BCUT2D eigenvalue weighted by molar-refractivity contribution is 6.34. The third kappa shape index (κ3) is 4.65. The van der Waals surface area contributed by atoms with Gasteiger partial charge in [-0.25, -0.2) is 19.9 Å². The Morgan fingerprint density at radius 2 is 1.71 bits per heavy atom. The fourth-order valence-corrected chi connectivity index (χ4v) is 4.34. The van der Waals surface area contributed by atoms with E-state index in [0.717, 1.165) is 26.9 Å². The minimum Gasteiger partial charge on any atom is -0.373 e. The summed E-state index contributed by atoms with van der Waals surface area (Å²) >= 11 is 6.05. The first-order chi connectivity index (χ1) is 18.2. The highest BCUT2D eigenvalue weighted by Crippen LogP contribution is 2.40. The van der Waals surface area contributed by atoms with Crippen LogP contribution in [0.5, 0.6) is 0 Å². The summed E-state index contributed by atoms with van der Waals surface area (Å²) < 4.78 is 41.0. The average molecular weight is 540 g/mol. The van der Waals surface area contributed by atoms with Gasteiger partial charge in [0, 0.05) is 48.9 Å². The van der Waals surface area contributed by atoms with Crippen LogP contribution in [0.15, 0.2) is 55.1 Å². The lowest BCUT2D eigenvalue weighted by Gasteiger charge is -2.17. The van der Waals surface area contributed by atoms with Crippen LogP contribution < -0.4 is 16.0 Å². The Bertz CT molecular complexity index is 1650. The van der Waals surface area contributed by atoms with Crippen LogP contribution in [0.1, 0.15) is 11.3 Å². The van der Waals surface area contributed by atoms with Crippen LogP contribution in [0, 0.1) is 6.92 Å². The van der Waals surface area contributed by atoms with Gasteiger partial charge in [0.25, 0.3) is 0 Å². The zero-order valence-electron chi connectivity index (χ0n) is 20.4. The van der Waals surface area contributed by atoms with E-state index < -0.39 is 16.9 Å². The Morgan fingerprint density at radius 1 is 0.921 bits per heavy atom. The summed E-state index contributed by atoms with van der Waals surface area (Å²) in [5.41, 5.74) is 1.94. The van der Waals surface area contributed by atoms with Gasteiger partial charge in [-0.15, -0.1) is 0 Å². The number of pyridine rings is 2. The average Bonchev–Trinajstić information content (AvgIpc) is 3.19. The van der Waals surface area contributed by atoms with Crippen LogP contribution in [0.25, 0.3) is 22.0 Å². The fraction of sp³-hybridized carbons (Fsp3) is 0.160. The van der Waals surface area contributed by atoms with E-state index in [1.54, 1.807) is 19.4 Å². The van der Waals surface area contributed by atoms with Gasteiger partial charge >= 0.3 is 6.18 Å². The van der Waals surface area contributed by atoms with Crippen LogP contribution in [-0.2, 0) is 13.2 Å². The molecule has 3 N–H and O–H groups in total. The number of hydrogen-bond donors (Lipinski definition) is 3. The molecule has 5 aromatic rings. The Kier molecular flexibility index (Phi) is 6.49. The van der Waals surface area contributed by atoms with Crippen molar-refractivity contribution in [3.05, 3.63) is 71.4 Å². The maximum Gasteiger partial charge on any atom is 0.436 e. The number of rotatable bonds is 6. The van der Waals surface area contributed by atoms with E-state index in [2.05, 4.69) is 41.0 Å².